The zero-order valence-electron chi connectivity index (χ0n) is 20.0. The minimum atomic E-state index is -0.293. The summed E-state index contributed by atoms with van der Waals surface area (Å²) in [6, 6.07) is 15.5. The lowest BCUT2D eigenvalue weighted by Gasteiger charge is -2.31. The van der Waals surface area contributed by atoms with Crippen molar-refractivity contribution in [3.05, 3.63) is 93.6 Å². The highest BCUT2D eigenvalue weighted by Gasteiger charge is 2.34. The fourth-order valence-corrected chi connectivity index (χ4v) is 3.61. The largest absolute Gasteiger partial charge is 0.289 e. The predicted molar refractivity (Wildman–Crippen MR) is 134 cm³/mol. The molecule has 0 amide bonds. The molecular formula is C28H31ClN2O. The smallest absolute Gasteiger partial charge is 0.186 e. The maximum atomic E-state index is 13.4. The Morgan fingerprint density at radius 3 is 1.75 bits per heavy atom. The van der Waals surface area contributed by atoms with Crippen LogP contribution in [0.25, 0.3) is 5.70 Å². The Morgan fingerprint density at radius 1 is 0.781 bits per heavy atom. The lowest BCUT2D eigenvalue weighted by atomic mass is 9.71. The lowest BCUT2D eigenvalue weighted by Crippen LogP contribution is -2.28. The number of Topliss-reactive ketones (excluding diaryl/α,β-unsaturated/α-hetero) is 1. The van der Waals surface area contributed by atoms with Crippen LogP contribution >= 0.6 is 11.6 Å². The molecule has 1 aliphatic rings. The first-order chi connectivity index (χ1) is 14.9. The van der Waals surface area contributed by atoms with E-state index in [1.165, 1.54) is 5.56 Å². The zero-order chi connectivity index (χ0) is 23.7. The summed E-state index contributed by atoms with van der Waals surface area (Å²) in [5, 5.41) is 9.80. The van der Waals surface area contributed by atoms with Crippen molar-refractivity contribution < 1.29 is 4.79 Å². The van der Waals surface area contributed by atoms with E-state index in [-0.39, 0.29) is 16.6 Å². The summed E-state index contributed by atoms with van der Waals surface area (Å²) in [5.41, 5.74) is 5.44. The Morgan fingerprint density at radius 2 is 1.28 bits per heavy atom. The Kier molecular flexibility index (Phi) is 6.71. The van der Waals surface area contributed by atoms with Crippen LogP contribution in [0.5, 0.6) is 0 Å². The van der Waals surface area contributed by atoms with Gasteiger partial charge in [-0.25, -0.2) is 0 Å². The van der Waals surface area contributed by atoms with Crippen molar-refractivity contribution in [2.24, 2.45) is 21.1 Å². The lowest BCUT2D eigenvalue weighted by molar-refractivity contribution is -0.114. The molecule has 4 heteroatoms. The first-order valence-electron chi connectivity index (χ1n) is 10.8. The summed E-state index contributed by atoms with van der Waals surface area (Å²) >= 11 is 6.01. The van der Waals surface area contributed by atoms with E-state index in [2.05, 4.69) is 70.8 Å². The second kappa shape index (κ2) is 8.99. The molecule has 2 aromatic rings. The van der Waals surface area contributed by atoms with Crippen LogP contribution in [0, 0.1) is 17.8 Å². The molecule has 1 aliphatic carbocycles. The number of halogens is 1. The maximum absolute atomic E-state index is 13.4. The van der Waals surface area contributed by atoms with E-state index < -0.39 is 0 Å². The van der Waals surface area contributed by atoms with Crippen LogP contribution in [0.15, 0.2) is 87.6 Å². The molecule has 0 unspecified atom stereocenters. The summed E-state index contributed by atoms with van der Waals surface area (Å²) in [4.78, 5) is 13.4. The van der Waals surface area contributed by atoms with Gasteiger partial charge in [0.05, 0.1) is 5.69 Å². The molecule has 2 aromatic carbocycles. The Hall–Kier alpha value is -2.78. The van der Waals surface area contributed by atoms with Crippen LogP contribution in [0.1, 0.15) is 52.7 Å². The minimum absolute atomic E-state index is 0.103. The number of aryl methyl sites for hydroxylation is 1. The molecule has 0 saturated heterocycles. The van der Waals surface area contributed by atoms with Crippen molar-refractivity contribution in [2.75, 3.05) is 0 Å². The monoisotopic (exact) mass is 446 g/mol. The van der Waals surface area contributed by atoms with Crippen LogP contribution < -0.4 is 0 Å². The molecule has 3 rings (SSSR count). The first kappa shape index (κ1) is 23.9. The summed E-state index contributed by atoms with van der Waals surface area (Å²) in [6.45, 7) is 14.5. The van der Waals surface area contributed by atoms with Gasteiger partial charge in [0.2, 0.25) is 0 Å². The van der Waals surface area contributed by atoms with Gasteiger partial charge in [0.15, 0.2) is 5.78 Å². The number of hydrogen-bond donors (Lipinski definition) is 0. The van der Waals surface area contributed by atoms with Crippen molar-refractivity contribution in [1.29, 1.82) is 0 Å². The molecule has 32 heavy (non-hydrogen) atoms. The molecule has 0 fully saturated rings. The van der Waals surface area contributed by atoms with E-state index in [1.54, 1.807) is 12.1 Å². The summed E-state index contributed by atoms with van der Waals surface area (Å²) in [5.74, 6) is 0.103. The van der Waals surface area contributed by atoms with Gasteiger partial charge in [-0.1, -0.05) is 83.0 Å². The van der Waals surface area contributed by atoms with Crippen molar-refractivity contribution in [1.82, 2.24) is 0 Å². The number of nitrogens with zero attached hydrogens (tertiary/aromatic N) is 2. The fraction of sp³-hybridized carbons (Fsp3) is 0.321. The van der Waals surface area contributed by atoms with Crippen molar-refractivity contribution in [3.63, 3.8) is 0 Å². The molecule has 0 aromatic heterocycles. The van der Waals surface area contributed by atoms with Gasteiger partial charge in [-0.3, -0.25) is 4.79 Å². The Labute approximate surface area is 196 Å². The van der Waals surface area contributed by atoms with E-state index in [1.807, 2.05) is 36.4 Å². The molecular weight excluding hydrogens is 416 g/mol. The van der Waals surface area contributed by atoms with Gasteiger partial charge in [-0.15, -0.1) is 5.11 Å². The van der Waals surface area contributed by atoms with Crippen molar-refractivity contribution in [2.45, 2.75) is 48.5 Å². The van der Waals surface area contributed by atoms with E-state index >= 15 is 0 Å². The van der Waals surface area contributed by atoms with Crippen LogP contribution in [0.2, 0.25) is 5.02 Å². The van der Waals surface area contributed by atoms with Gasteiger partial charge in [-0.2, -0.15) is 5.11 Å². The van der Waals surface area contributed by atoms with E-state index in [4.69, 9.17) is 11.6 Å². The minimum Gasteiger partial charge on any atom is -0.289 e. The van der Waals surface area contributed by atoms with Gasteiger partial charge in [0, 0.05) is 27.3 Å². The van der Waals surface area contributed by atoms with Crippen LogP contribution in [0.4, 0.5) is 5.69 Å². The average molecular weight is 447 g/mol. The van der Waals surface area contributed by atoms with Crippen molar-refractivity contribution >= 4 is 28.8 Å². The third-order valence-electron chi connectivity index (χ3n) is 5.40. The molecule has 3 nitrogen and oxygen atoms in total. The highest BCUT2D eigenvalue weighted by Crippen LogP contribution is 2.41. The maximum Gasteiger partial charge on any atom is 0.186 e. The van der Waals surface area contributed by atoms with Gasteiger partial charge < -0.3 is 0 Å². The number of rotatable bonds is 3. The molecule has 166 valence electrons. The van der Waals surface area contributed by atoms with Gasteiger partial charge in [0.25, 0.3) is 0 Å². The number of azo groups is 1. The van der Waals surface area contributed by atoms with Gasteiger partial charge >= 0.3 is 0 Å². The molecule has 0 radical (unpaired) electrons. The van der Waals surface area contributed by atoms with E-state index in [0.29, 0.717) is 10.7 Å². The normalized spacial score (nSPS) is 15.1. The molecule has 0 N–H and O–H groups in total. The zero-order valence-corrected chi connectivity index (χ0v) is 20.7. The summed E-state index contributed by atoms with van der Waals surface area (Å²) < 4.78 is 0. The van der Waals surface area contributed by atoms with Crippen LogP contribution in [-0.2, 0) is 4.79 Å². The van der Waals surface area contributed by atoms with Crippen molar-refractivity contribution in [3.8, 4) is 0 Å². The topological polar surface area (TPSA) is 41.8 Å². The highest BCUT2D eigenvalue weighted by molar-refractivity contribution is 6.30. The highest BCUT2D eigenvalue weighted by atomic mass is 35.5. The molecule has 0 bridgehead atoms. The number of hydrogen-bond acceptors (Lipinski definition) is 3. The molecule has 0 atom stereocenters. The number of allylic oxidation sites excluding steroid dienone is 5. The third kappa shape index (κ3) is 5.52. The SMILES string of the molecule is Cc1ccc(C(N=Nc2ccc(Cl)cc2)=C2C=C(C(C)(C)C)C(=O)C(C(C)(C)C)=C2)cc1. The molecule has 0 spiro atoms. The first-order valence-corrected chi connectivity index (χ1v) is 11.2. The molecule has 0 heterocycles. The molecule has 0 saturated carbocycles. The number of ketones is 1. The quantitative estimate of drug-likeness (QED) is 0.434. The third-order valence-corrected chi connectivity index (χ3v) is 5.65. The standard InChI is InChI=1S/C28H31ClN2O/c1-18-8-10-19(11-9-18)25(31-30-22-14-12-21(29)13-15-22)20-16-23(27(2,3)4)26(32)24(17-20)28(5,6)7/h8-17H,1-7H3. The Bertz CT molecular complexity index is 1100. The number of carbonyl (C=O) groups is 1. The van der Waals surface area contributed by atoms with Gasteiger partial charge in [-0.05, 0) is 54.2 Å². The van der Waals surface area contributed by atoms with Gasteiger partial charge in [0.1, 0.15) is 5.70 Å². The summed E-state index contributed by atoms with van der Waals surface area (Å²) in [6.07, 6.45) is 3.96. The predicted octanol–water partition coefficient (Wildman–Crippen LogP) is 8.67. The van der Waals surface area contributed by atoms with Crippen LogP contribution in [0.3, 0.4) is 0 Å². The van der Waals surface area contributed by atoms with E-state index in [0.717, 1.165) is 28.0 Å². The van der Waals surface area contributed by atoms with E-state index in [9.17, 15) is 4.79 Å². The number of carbonyl (C=O) groups excluding carboxylic acids is 1. The number of benzene rings is 2. The Balaban J connectivity index is 2.27. The second-order valence-corrected chi connectivity index (χ2v) is 10.7. The fourth-order valence-electron chi connectivity index (χ4n) is 3.49. The van der Waals surface area contributed by atoms with Crippen LogP contribution in [-0.4, -0.2) is 5.78 Å². The summed E-state index contributed by atoms with van der Waals surface area (Å²) in [7, 11) is 0. The average Bonchev–Trinajstić information content (AvgIpc) is 2.70. The second-order valence-electron chi connectivity index (χ2n) is 10.3. The molecule has 0 aliphatic heterocycles.